The topological polar surface area (TPSA) is 76.7 Å². The normalized spacial score (nSPS) is 10.1. The minimum Gasteiger partial charge on any atom is -0.494 e. The maximum atomic E-state index is 12.1. The van der Waals surface area contributed by atoms with E-state index in [9.17, 15) is 9.59 Å². The summed E-state index contributed by atoms with van der Waals surface area (Å²) in [5.74, 6) is 0.116. The van der Waals surface area contributed by atoms with Crippen LogP contribution >= 0.6 is 27.5 Å². The van der Waals surface area contributed by atoms with Crippen LogP contribution in [0.4, 0.5) is 0 Å². The fourth-order valence-electron chi connectivity index (χ4n) is 1.92. The second-order valence-corrected chi connectivity index (χ2v) is 6.53. The Morgan fingerprint density at radius 1 is 1.12 bits per heavy atom. The quantitative estimate of drug-likeness (QED) is 0.642. The summed E-state index contributed by atoms with van der Waals surface area (Å²) in [5.41, 5.74) is 5.01. The number of carbonyl (C=O) groups excluding carboxylic acids is 2. The Morgan fingerprint density at radius 3 is 2.65 bits per heavy atom. The van der Waals surface area contributed by atoms with Crippen molar-refractivity contribution in [2.45, 2.75) is 13.3 Å². The van der Waals surface area contributed by atoms with Gasteiger partial charge in [0.05, 0.1) is 11.1 Å². The molecule has 0 atom stereocenters. The third kappa shape index (κ3) is 6.24. The van der Waals surface area contributed by atoms with Gasteiger partial charge >= 0.3 is 0 Å². The van der Waals surface area contributed by atoms with E-state index in [1.54, 1.807) is 42.5 Å². The lowest BCUT2D eigenvalue weighted by molar-refractivity contribution is -0.123. The molecule has 0 saturated carbocycles. The molecule has 2 N–H and O–H groups in total. The molecule has 138 valence electrons. The Bertz CT molecular complexity index is 786. The second kappa shape index (κ2) is 10.0. The molecule has 2 aromatic rings. The number of hydrogen-bond acceptors (Lipinski definition) is 4. The van der Waals surface area contributed by atoms with E-state index in [1.807, 2.05) is 6.92 Å². The first kappa shape index (κ1) is 20.1. The first-order valence-electron chi connectivity index (χ1n) is 7.89. The van der Waals surface area contributed by atoms with E-state index in [0.29, 0.717) is 33.2 Å². The van der Waals surface area contributed by atoms with Crippen molar-refractivity contribution in [3.05, 3.63) is 57.5 Å². The summed E-state index contributed by atoms with van der Waals surface area (Å²) in [6.45, 7) is 2.30. The van der Waals surface area contributed by atoms with Crippen molar-refractivity contribution in [3.63, 3.8) is 0 Å². The Hall–Kier alpha value is -2.25. The molecule has 0 heterocycles. The highest BCUT2D eigenvalue weighted by Gasteiger charge is 2.10. The van der Waals surface area contributed by atoms with E-state index in [4.69, 9.17) is 21.1 Å². The average Bonchev–Trinajstić information content (AvgIpc) is 2.64. The van der Waals surface area contributed by atoms with E-state index < -0.39 is 11.8 Å². The van der Waals surface area contributed by atoms with Crippen LogP contribution in [0.25, 0.3) is 0 Å². The average molecular weight is 442 g/mol. The van der Waals surface area contributed by atoms with Gasteiger partial charge in [-0.3, -0.25) is 20.4 Å². The number of hydrogen-bond donors (Lipinski definition) is 2. The Morgan fingerprint density at radius 2 is 1.92 bits per heavy atom. The lowest BCUT2D eigenvalue weighted by Gasteiger charge is -2.11. The molecule has 2 amide bonds. The predicted octanol–water partition coefficient (Wildman–Crippen LogP) is 3.73. The number of carbonyl (C=O) groups is 2. The van der Waals surface area contributed by atoms with Crippen LogP contribution in [-0.4, -0.2) is 25.0 Å². The van der Waals surface area contributed by atoms with Gasteiger partial charge in [0.25, 0.3) is 11.8 Å². The van der Waals surface area contributed by atoms with Crippen molar-refractivity contribution >= 4 is 39.3 Å². The summed E-state index contributed by atoms with van der Waals surface area (Å²) in [6.07, 6.45) is 0.871. The van der Waals surface area contributed by atoms with Crippen LogP contribution in [0.15, 0.2) is 46.9 Å². The molecule has 0 spiro atoms. The number of amides is 2. The Balaban J connectivity index is 1.82. The van der Waals surface area contributed by atoms with E-state index in [-0.39, 0.29) is 6.61 Å². The van der Waals surface area contributed by atoms with Gasteiger partial charge in [-0.25, -0.2) is 0 Å². The summed E-state index contributed by atoms with van der Waals surface area (Å²) in [5, 5.41) is 0.547. The minimum absolute atomic E-state index is 0.264. The van der Waals surface area contributed by atoms with Crippen LogP contribution in [0.2, 0.25) is 5.02 Å². The van der Waals surface area contributed by atoms with E-state index in [1.165, 1.54) is 0 Å². The molecule has 6 nitrogen and oxygen atoms in total. The maximum absolute atomic E-state index is 12.1. The molecule has 0 unspecified atom stereocenters. The van der Waals surface area contributed by atoms with Gasteiger partial charge < -0.3 is 9.47 Å². The van der Waals surface area contributed by atoms with Crippen molar-refractivity contribution in [2.24, 2.45) is 0 Å². The molecule has 0 aromatic heterocycles. The van der Waals surface area contributed by atoms with Gasteiger partial charge in [-0.05, 0) is 58.7 Å². The Labute approximate surface area is 164 Å². The van der Waals surface area contributed by atoms with Crippen molar-refractivity contribution in [2.75, 3.05) is 13.2 Å². The van der Waals surface area contributed by atoms with Gasteiger partial charge in [-0.1, -0.05) is 24.6 Å². The standard InChI is InChI=1S/C18H18BrClN2O4/c1-2-8-25-14-5-3-4-12(9-14)18(24)22-21-17(23)11-26-16-7-6-13(20)10-15(16)19/h3-7,9-10H,2,8,11H2,1H3,(H,21,23)(H,22,24). The molecule has 8 heteroatoms. The largest absolute Gasteiger partial charge is 0.494 e. The zero-order chi connectivity index (χ0) is 18.9. The zero-order valence-corrected chi connectivity index (χ0v) is 16.4. The predicted molar refractivity (Wildman–Crippen MR) is 102 cm³/mol. The van der Waals surface area contributed by atoms with E-state index in [0.717, 1.165) is 6.42 Å². The lowest BCUT2D eigenvalue weighted by Crippen LogP contribution is -2.43. The number of benzene rings is 2. The summed E-state index contributed by atoms with van der Waals surface area (Å²) in [4.78, 5) is 23.9. The first-order valence-corrected chi connectivity index (χ1v) is 9.06. The third-order valence-electron chi connectivity index (χ3n) is 3.14. The summed E-state index contributed by atoms with van der Waals surface area (Å²) < 4.78 is 11.5. The minimum atomic E-state index is -0.501. The molecule has 0 radical (unpaired) electrons. The molecule has 0 aliphatic heterocycles. The first-order chi connectivity index (χ1) is 12.5. The van der Waals surface area contributed by atoms with Crippen LogP contribution in [0.5, 0.6) is 11.5 Å². The van der Waals surface area contributed by atoms with E-state index >= 15 is 0 Å². The summed E-state index contributed by atoms with van der Waals surface area (Å²) >= 11 is 9.13. The van der Waals surface area contributed by atoms with Crippen LogP contribution in [-0.2, 0) is 4.79 Å². The molecule has 0 bridgehead atoms. The highest BCUT2D eigenvalue weighted by Crippen LogP contribution is 2.27. The van der Waals surface area contributed by atoms with Crippen LogP contribution in [0, 0.1) is 0 Å². The molecular weight excluding hydrogens is 424 g/mol. The van der Waals surface area contributed by atoms with Crippen LogP contribution < -0.4 is 20.3 Å². The van der Waals surface area contributed by atoms with Crippen molar-refractivity contribution in [1.29, 1.82) is 0 Å². The SMILES string of the molecule is CCCOc1cccc(C(=O)NNC(=O)COc2ccc(Cl)cc2Br)c1. The monoisotopic (exact) mass is 440 g/mol. The highest BCUT2D eigenvalue weighted by atomic mass is 79.9. The van der Waals surface area contributed by atoms with E-state index in [2.05, 4.69) is 26.8 Å². The van der Waals surface area contributed by atoms with Gasteiger partial charge in [-0.2, -0.15) is 0 Å². The van der Waals surface area contributed by atoms with Crippen molar-refractivity contribution in [3.8, 4) is 11.5 Å². The zero-order valence-electron chi connectivity index (χ0n) is 14.1. The number of ether oxygens (including phenoxy) is 2. The highest BCUT2D eigenvalue weighted by molar-refractivity contribution is 9.10. The number of halogens is 2. The van der Waals surface area contributed by atoms with Gasteiger partial charge in [0.2, 0.25) is 0 Å². The fraction of sp³-hybridized carbons (Fsp3) is 0.222. The Kier molecular flexibility index (Phi) is 7.74. The second-order valence-electron chi connectivity index (χ2n) is 5.24. The van der Waals surface area contributed by atoms with Crippen molar-refractivity contribution < 1.29 is 19.1 Å². The molecule has 2 rings (SSSR count). The fourth-order valence-corrected chi connectivity index (χ4v) is 2.71. The van der Waals surface area contributed by atoms with Gasteiger partial charge in [0.15, 0.2) is 6.61 Å². The summed E-state index contributed by atoms with van der Waals surface area (Å²) in [6, 6.07) is 11.7. The molecule has 0 aliphatic rings. The van der Waals surface area contributed by atoms with Crippen molar-refractivity contribution in [1.82, 2.24) is 10.9 Å². The molecule has 0 aliphatic carbocycles. The molecule has 2 aromatic carbocycles. The van der Waals surface area contributed by atoms with Crippen LogP contribution in [0.1, 0.15) is 23.7 Å². The third-order valence-corrected chi connectivity index (χ3v) is 3.99. The van der Waals surface area contributed by atoms with Gasteiger partial charge in [-0.15, -0.1) is 0 Å². The number of rotatable bonds is 7. The molecule has 0 fully saturated rings. The maximum Gasteiger partial charge on any atom is 0.276 e. The van der Waals surface area contributed by atoms with Gasteiger partial charge in [0, 0.05) is 10.6 Å². The molecular formula is C18H18BrClN2O4. The van der Waals surface area contributed by atoms with Gasteiger partial charge in [0.1, 0.15) is 11.5 Å². The van der Waals surface area contributed by atoms with Crippen LogP contribution in [0.3, 0.4) is 0 Å². The molecule has 0 saturated heterocycles. The number of nitrogens with one attached hydrogen (secondary N) is 2. The number of hydrazine groups is 1. The molecule has 26 heavy (non-hydrogen) atoms. The summed E-state index contributed by atoms with van der Waals surface area (Å²) in [7, 11) is 0. The lowest BCUT2D eigenvalue weighted by atomic mass is 10.2. The smallest absolute Gasteiger partial charge is 0.276 e.